The summed E-state index contributed by atoms with van der Waals surface area (Å²) in [5.74, 6) is -0.667. The Hall–Kier alpha value is -3.97. The van der Waals surface area contributed by atoms with Crippen LogP contribution in [0.25, 0.3) is 6.08 Å². The van der Waals surface area contributed by atoms with Gasteiger partial charge in [-0.1, -0.05) is 55.0 Å². The number of rotatable bonds is 19. The molecule has 7 heteroatoms. The van der Waals surface area contributed by atoms with Crippen LogP contribution in [-0.4, -0.2) is 52.2 Å². The summed E-state index contributed by atoms with van der Waals surface area (Å²) in [5.41, 5.74) is 3.56. The molecular formula is C34H42N2O5. The Morgan fingerprint density at radius 2 is 1.73 bits per heavy atom. The van der Waals surface area contributed by atoms with Gasteiger partial charge < -0.3 is 19.8 Å². The van der Waals surface area contributed by atoms with Crippen LogP contribution in [0.15, 0.2) is 79.1 Å². The van der Waals surface area contributed by atoms with Crippen molar-refractivity contribution in [2.45, 2.75) is 57.9 Å². The summed E-state index contributed by atoms with van der Waals surface area (Å²) in [5, 5.41) is 18.2. The lowest BCUT2D eigenvalue weighted by atomic mass is 9.92. The number of ether oxygens (including phenoxy) is 1. The Labute approximate surface area is 243 Å². The second-order valence-corrected chi connectivity index (χ2v) is 10.5. The summed E-state index contributed by atoms with van der Waals surface area (Å²) in [6.07, 6.45) is 14.4. The summed E-state index contributed by atoms with van der Waals surface area (Å²) in [7, 11) is 2.14. The monoisotopic (exact) mass is 558 g/mol. The van der Waals surface area contributed by atoms with E-state index in [1.807, 2.05) is 48.7 Å². The van der Waals surface area contributed by atoms with Crippen molar-refractivity contribution >= 4 is 18.0 Å². The molecule has 2 aromatic carbocycles. The number of aliphatic carboxylic acids is 1. The van der Waals surface area contributed by atoms with Crippen LogP contribution >= 0.6 is 0 Å². The number of nitrogens with zero attached hydrogens (tertiary/aromatic N) is 2. The van der Waals surface area contributed by atoms with Crippen molar-refractivity contribution < 1.29 is 24.5 Å². The van der Waals surface area contributed by atoms with Crippen molar-refractivity contribution in [3.63, 3.8) is 0 Å². The van der Waals surface area contributed by atoms with Crippen LogP contribution in [0.2, 0.25) is 0 Å². The van der Waals surface area contributed by atoms with E-state index in [0.29, 0.717) is 13.0 Å². The van der Waals surface area contributed by atoms with Crippen LogP contribution in [-0.2, 0) is 17.8 Å². The zero-order valence-corrected chi connectivity index (χ0v) is 24.0. The molecular weight excluding hydrogens is 516 g/mol. The van der Waals surface area contributed by atoms with E-state index in [0.717, 1.165) is 68.5 Å². The lowest BCUT2D eigenvalue weighted by molar-refractivity contribution is -0.137. The van der Waals surface area contributed by atoms with Gasteiger partial charge in [0.05, 0.1) is 12.2 Å². The maximum atomic E-state index is 11.2. The highest BCUT2D eigenvalue weighted by Gasteiger charge is 2.10. The number of carboxylic acids is 2. The average molecular weight is 559 g/mol. The number of para-hydroxylation sites is 1. The Bertz CT molecular complexity index is 1230. The predicted octanol–water partition coefficient (Wildman–Crippen LogP) is 6.98. The molecule has 7 nitrogen and oxygen atoms in total. The number of aromatic carboxylic acids is 1. The molecule has 0 saturated carbocycles. The maximum absolute atomic E-state index is 11.2. The molecule has 0 aliphatic rings. The van der Waals surface area contributed by atoms with Gasteiger partial charge in [0, 0.05) is 30.9 Å². The lowest BCUT2D eigenvalue weighted by Gasteiger charge is -2.16. The third kappa shape index (κ3) is 12.4. The molecule has 1 atom stereocenters. The number of hydrogen-bond donors (Lipinski definition) is 2. The zero-order chi connectivity index (χ0) is 29.3. The quantitative estimate of drug-likeness (QED) is 0.153. The van der Waals surface area contributed by atoms with Gasteiger partial charge in [-0.3, -0.25) is 9.78 Å². The molecule has 0 fully saturated rings. The number of aromatic nitrogens is 1. The Morgan fingerprint density at radius 1 is 0.927 bits per heavy atom. The molecule has 3 rings (SSSR count). The topological polar surface area (TPSA) is 100.0 Å². The molecule has 0 bridgehead atoms. The molecule has 1 heterocycles. The summed E-state index contributed by atoms with van der Waals surface area (Å²) in [6.45, 7) is 2.59. The minimum Gasteiger partial charge on any atom is -0.493 e. The van der Waals surface area contributed by atoms with Crippen LogP contribution in [0.1, 0.15) is 72.0 Å². The molecule has 0 radical (unpaired) electrons. The molecule has 0 aliphatic carbocycles. The normalized spacial score (nSPS) is 12.0. The van der Waals surface area contributed by atoms with Gasteiger partial charge in [0.15, 0.2) is 0 Å². The summed E-state index contributed by atoms with van der Waals surface area (Å²) in [4.78, 5) is 28.6. The fourth-order valence-corrected chi connectivity index (χ4v) is 4.75. The third-order valence-corrected chi connectivity index (χ3v) is 7.00. The van der Waals surface area contributed by atoms with Gasteiger partial charge in [-0.25, -0.2) is 4.79 Å². The molecule has 0 amide bonds. The van der Waals surface area contributed by atoms with Gasteiger partial charge in [0.2, 0.25) is 0 Å². The van der Waals surface area contributed by atoms with Crippen LogP contribution < -0.4 is 4.74 Å². The predicted molar refractivity (Wildman–Crippen MR) is 162 cm³/mol. The largest absolute Gasteiger partial charge is 0.493 e. The fourth-order valence-electron chi connectivity index (χ4n) is 4.75. The minimum absolute atomic E-state index is 0.168. The Kier molecular flexibility index (Phi) is 13.6. The molecule has 0 aliphatic heterocycles. The van der Waals surface area contributed by atoms with E-state index >= 15 is 0 Å². The highest BCUT2D eigenvalue weighted by molar-refractivity contribution is 5.87. The lowest BCUT2D eigenvalue weighted by Crippen LogP contribution is -2.19. The number of benzene rings is 2. The van der Waals surface area contributed by atoms with Crippen LogP contribution in [0.4, 0.5) is 0 Å². The Morgan fingerprint density at radius 3 is 2.46 bits per heavy atom. The molecule has 2 N–H and O–H groups in total. The molecule has 1 unspecified atom stereocenters. The highest BCUT2D eigenvalue weighted by atomic mass is 16.5. The number of hydrogen-bond acceptors (Lipinski definition) is 5. The molecule has 41 heavy (non-hydrogen) atoms. The number of pyridine rings is 1. The maximum Gasteiger partial charge on any atom is 0.335 e. The minimum atomic E-state index is -0.938. The average Bonchev–Trinajstić information content (AvgIpc) is 2.97. The van der Waals surface area contributed by atoms with Crippen molar-refractivity contribution in [3.8, 4) is 5.75 Å². The van der Waals surface area contributed by atoms with Crippen LogP contribution in [0, 0.1) is 5.92 Å². The van der Waals surface area contributed by atoms with Gasteiger partial charge in [-0.15, -0.1) is 0 Å². The standard InChI is InChI=1S/C34H42N2O5/c1-36(26-29-11-9-21-35-25-29)22-7-2-8-23-41-32-13-5-4-12-30(32)18-15-27(10-3-6-14-33(37)38)24-28-16-19-31(20-17-28)34(39)40/h4-5,9,11-13,15-21,25,27H,2-3,6-8,10,14,22-24,26H2,1H3,(H,37,38)(H,39,40). The summed E-state index contributed by atoms with van der Waals surface area (Å²) < 4.78 is 6.16. The number of allylic oxidation sites excluding steroid dienone is 1. The van der Waals surface area contributed by atoms with Crippen LogP contribution in [0.5, 0.6) is 5.75 Å². The zero-order valence-electron chi connectivity index (χ0n) is 24.0. The van der Waals surface area contributed by atoms with Crippen molar-refractivity contribution in [2.75, 3.05) is 20.2 Å². The van der Waals surface area contributed by atoms with E-state index in [4.69, 9.17) is 9.84 Å². The van der Waals surface area contributed by atoms with E-state index in [1.165, 1.54) is 5.56 Å². The number of carboxylic acid groups (broad SMARTS) is 2. The first-order valence-electron chi connectivity index (χ1n) is 14.4. The van der Waals surface area contributed by atoms with Crippen molar-refractivity contribution in [1.82, 2.24) is 9.88 Å². The molecule has 0 saturated heterocycles. The highest BCUT2D eigenvalue weighted by Crippen LogP contribution is 2.24. The van der Waals surface area contributed by atoms with Gasteiger partial charge in [-0.05, 0) is 93.4 Å². The van der Waals surface area contributed by atoms with E-state index in [-0.39, 0.29) is 17.9 Å². The van der Waals surface area contributed by atoms with E-state index in [2.05, 4.69) is 35.1 Å². The van der Waals surface area contributed by atoms with Gasteiger partial charge in [0.25, 0.3) is 0 Å². The molecule has 0 spiro atoms. The van der Waals surface area contributed by atoms with E-state index in [1.54, 1.807) is 18.3 Å². The van der Waals surface area contributed by atoms with Crippen molar-refractivity contribution in [2.24, 2.45) is 5.92 Å². The molecule has 1 aromatic heterocycles. The smallest absolute Gasteiger partial charge is 0.335 e. The SMILES string of the molecule is CN(CCCCCOc1ccccc1C=CC(CCCCC(=O)O)Cc1ccc(C(=O)O)cc1)Cc1cccnc1. The first-order chi connectivity index (χ1) is 19.9. The second kappa shape index (κ2) is 17.7. The van der Waals surface area contributed by atoms with Gasteiger partial charge in [-0.2, -0.15) is 0 Å². The summed E-state index contributed by atoms with van der Waals surface area (Å²) >= 11 is 0. The van der Waals surface area contributed by atoms with E-state index in [9.17, 15) is 14.7 Å². The number of unbranched alkanes of at least 4 members (excludes halogenated alkanes) is 3. The van der Waals surface area contributed by atoms with Crippen LogP contribution in [0.3, 0.4) is 0 Å². The van der Waals surface area contributed by atoms with Gasteiger partial charge in [0.1, 0.15) is 5.75 Å². The Balaban J connectivity index is 1.50. The first-order valence-corrected chi connectivity index (χ1v) is 14.4. The van der Waals surface area contributed by atoms with Crippen molar-refractivity contribution in [3.05, 3.63) is 101 Å². The van der Waals surface area contributed by atoms with Gasteiger partial charge >= 0.3 is 11.9 Å². The molecule has 3 aromatic rings. The fraction of sp³-hybridized carbons (Fsp3) is 0.382. The second-order valence-electron chi connectivity index (χ2n) is 10.5. The van der Waals surface area contributed by atoms with Crippen molar-refractivity contribution in [1.29, 1.82) is 0 Å². The molecule has 218 valence electrons. The van der Waals surface area contributed by atoms with E-state index < -0.39 is 11.9 Å². The summed E-state index contributed by atoms with van der Waals surface area (Å²) in [6, 6.07) is 19.1. The first kappa shape index (κ1) is 31.6. The third-order valence-electron chi connectivity index (χ3n) is 7.00. The number of carbonyl (C=O) groups is 2.